The lowest BCUT2D eigenvalue weighted by Crippen LogP contribution is -2.29. The van der Waals surface area contributed by atoms with Crippen molar-refractivity contribution in [1.29, 1.82) is 0 Å². The SMILES string of the molecule is COc1cccc([C@H](NS(=O)(=O)c2ccc([N+](=O)[O-])cc2)c2ccccc2)c1. The third kappa shape index (κ3) is 4.36. The van der Waals surface area contributed by atoms with Crippen molar-refractivity contribution >= 4 is 15.7 Å². The average molecular weight is 398 g/mol. The molecule has 7 nitrogen and oxygen atoms in total. The molecule has 0 aliphatic carbocycles. The molecule has 0 heterocycles. The molecule has 144 valence electrons. The zero-order valence-electron chi connectivity index (χ0n) is 15.0. The lowest BCUT2D eigenvalue weighted by atomic mass is 9.99. The Labute approximate surface area is 162 Å². The number of nitro groups is 1. The van der Waals surface area contributed by atoms with Crippen molar-refractivity contribution < 1.29 is 18.1 Å². The molecule has 0 aliphatic heterocycles. The number of non-ortho nitro benzene ring substituents is 1. The third-order valence-electron chi connectivity index (χ3n) is 4.19. The minimum atomic E-state index is -3.93. The van der Waals surface area contributed by atoms with Crippen molar-refractivity contribution in [1.82, 2.24) is 4.72 Å². The predicted octanol–water partition coefficient (Wildman–Crippen LogP) is 3.67. The van der Waals surface area contributed by atoms with Crippen LogP contribution in [0.15, 0.2) is 83.8 Å². The topological polar surface area (TPSA) is 98.5 Å². The van der Waals surface area contributed by atoms with E-state index in [1.54, 1.807) is 24.3 Å². The number of benzene rings is 3. The Balaban J connectivity index is 2.00. The second kappa shape index (κ2) is 8.20. The first-order chi connectivity index (χ1) is 13.4. The quantitative estimate of drug-likeness (QED) is 0.484. The minimum Gasteiger partial charge on any atom is -0.497 e. The number of sulfonamides is 1. The van der Waals surface area contributed by atoms with Gasteiger partial charge in [0.05, 0.1) is 23.0 Å². The Morgan fingerprint density at radius 2 is 1.57 bits per heavy atom. The van der Waals surface area contributed by atoms with E-state index >= 15 is 0 Å². The summed E-state index contributed by atoms with van der Waals surface area (Å²) in [5.74, 6) is 0.605. The molecule has 0 aliphatic rings. The van der Waals surface area contributed by atoms with Crippen molar-refractivity contribution in [3.8, 4) is 5.75 Å². The van der Waals surface area contributed by atoms with Gasteiger partial charge in [0, 0.05) is 12.1 Å². The summed E-state index contributed by atoms with van der Waals surface area (Å²) in [6.07, 6.45) is 0. The Bertz CT molecular complexity index is 1070. The first-order valence-electron chi connectivity index (χ1n) is 8.36. The van der Waals surface area contributed by atoms with E-state index in [0.29, 0.717) is 11.3 Å². The molecule has 3 aromatic rings. The number of nitro benzene ring substituents is 1. The molecule has 8 heteroatoms. The van der Waals surface area contributed by atoms with Gasteiger partial charge in [0.15, 0.2) is 0 Å². The van der Waals surface area contributed by atoms with Crippen LogP contribution >= 0.6 is 0 Å². The van der Waals surface area contributed by atoms with E-state index in [2.05, 4.69) is 4.72 Å². The Morgan fingerprint density at radius 3 is 2.18 bits per heavy atom. The van der Waals surface area contributed by atoms with Crippen LogP contribution in [0.5, 0.6) is 5.75 Å². The third-order valence-corrected chi connectivity index (χ3v) is 5.63. The molecule has 0 radical (unpaired) electrons. The second-order valence-corrected chi connectivity index (χ2v) is 7.71. The number of methoxy groups -OCH3 is 1. The molecular formula is C20H18N2O5S. The van der Waals surface area contributed by atoms with Crippen LogP contribution < -0.4 is 9.46 Å². The van der Waals surface area contributed by atoms with E-state index in [4.69, 9.17) is 4.74 Å². The van der Waals surface area contributed by atoms with E-state index < -0.39 is 21.0 Å². The number of nitrogens with one attached hydrogen (secondary N) is 1. The van der Waals surface area contributed by atoms with Crippen molar-refractivity contribution in [3.63, 3.8) is 0 Å². The Morgan fingerprint density at radius 1 is 0.929 bits per heavy atom. The molecule has 0 saturated carbocycles. The van der Waals surface area contributed by atoms with Gasteiger partial charge in [0.25, 0.3) is 5.69 Å². The lowest BCUT2D eigenvalue weighted by molar-refractivity contribution is -0.384. The normalized spacial score (nSPS) is 12.3. The lowest BCUT2D eigenvalue weighted by Gasteiger charge is -2.20. The molecule has 0 saturated heterocycles. The monoisotopic (exact) mass is 398 g/mol. The highest BCUT2D eigenvalue weighted by atomic mass is 32.2. The molecule has 0 aromatic heterocycles. The summed E-state index contributed by atoms with van der Waals surface area (Å²) in [6.45, 7) is 0. The first kappa shape index (κ1) is 19.5. The molecule has 1 N–H and O–H groups in total. The Hall–Kier alpha value is -3.23. The maximum Gasteiger partial charge on any atom is 0.269 e. The Kier molecular flexibility index (Phi) is 5.72. The van der Waals surface area contributed by atoms with Gasteiger partial charge < -0.3 is 4.74 Å². The maximum absolute atomic E-state index is 12.9. The first-order valence-corrected chi connectivity index (χ1v) is 9.85. The van der Waals surface area contributed by atoms with Gasteiger partial charge in [-0.2, -0.15) is 4.72 Å². The summed E-state index contributed by atoms with van der Waals surface area (Å²) in [6, 6.07) is 20.4. The zero-order chi connectivity index (χ0) is 20.1. The van der Waals surface area contributed by atoms with Crippen LogP contribution in [-0.2, 0) is 10.0 Å². The number of hydrogen-bond acceptors (Lipinski definition) is 5. The molecule has 0 bridgehead atoms. The fraction of sp³-hybridized carbons (Fsp3) is 0.100. The van der Waals surface area contributed by atoms with Crippen molar-refractivity contribution in [2.75, 3.05) is 7.11 Å². The number of hydrogen-bond donors (Lipinski definition) is 1. The highest BCUT2D eigenvalue weighted by molar-refractivity contribution is 7.89. The van der Waals surface area contributed by atoms with Crippen molar-refractivity contribution in [2.45, 2.75) is 10.9 Å². The second-order valence-electron chi connectivity index (χ2n) is 5.99. The van der Waals surface area contributed by atoms with Crippen LogP contribution in [0.4, 0.5) is 5.69 Å². The molecular weight excluding hydrogens is 380 g/mol. The van der Waals surface area contributed by atoms with Crippen LogP contribution in [0.3, 0.4) is 0 Å². The summed E-state index contributed by atoms with van der Waals surface area (Å²) in [7, 11) is -2.39. The van der Waals surface area contributed by atoms with Crippen molar-refractivity contribution in [2.24, 2.45) is 0 Å². The fourth-order valence-corrected chi connectivity index (χ4v) is 3.98. The van der Waals surface area contributed by atoms with E-state index in [9.17, 15) is 18.5 Å². The van der Waals surface area contributed by atoms with Gasteiger partial charge in [-0.25, -0.2) is 8.42 Å². The average Bonchev–Trinajstić information content (AvgIpc) is 2.73. The van der Waals surface area contributed by atoms with E-state index in [0.717, 1.165) is 17.7 Å². The molecule has 3 rings (SSSR count). The highest BCUT2D eigenvalue weighted by Crippen LogP contribution is 2.27. The maximum atomic E-state index is 12.9. The van der Waals surface area contributed by atoms with Crippen LogP contribution in [0, 0.1) is 10.1 Å². The molecule has 0 spiro atoms. The number of ether oxygens (including phenoxy) is 1. The molecule has 0 fully saturated rings. The van der Waals surface area contributed by atoms with Gasteiger partial charge in [-0.3, -0.25) is 10.1 Å². The summed E-state index contributed by atoms with van der Waals surface area (Å²) in [4.78, 5) is 10.2. The molecule has 0 unspecified atom stereocenters. The fourth-order valence-electron chi connectivity index (χ4n) is 2.77. The zero-order valence-corrected chi connectivity index (χ0v) is 15.8. The standard InChI is InChI=1S/C20H18N2O5S/c1-27-18-9-5-8-16(14-18)20(15-6-3-2-4-7-15)21-28(25,26)19-12-10-17(11-13-19)22(23)24/h2-14,20-21H,1H3/t20-/m1/s1. The predicted molar refractivity (Wildman–Crippen MR) is 105 cm³/mol. The van der Waals surface area contributed by atoms with E-state index in [-0.39, 0.29) is 10.6 Å². The molecule has 1 atom stereocenters. The van der Waals surface area contributed by atoms with Crippen molar-refractivity contribution in [3.05, 3.63) is 100 Å². The summed E-state index contributed by atoms with van der Waals surface area (Å²) < 4.78 is 33.8. The minimum absolute atomic E-state index is 0.0538. The molecule has 28 heavy (non-hydrogen) atoms. The van der Waals surface area contributed by atoms with Gasteiger partial charge in [0.2, 0.25) is 10.0 Å². The van der Waals surface area contributed by atoms with Crippen LogP contribution in [0.2, 0.25) is 0 Å². The van der Waals surface area contributed by atoms with E-state index in [1.807, 2.05) is 30.3 Å². The van der Waals surface area contributed by atoms with E-state index in [1.165, 1.54) is 19.2 Å². The van der Waals surface area contributed by atoms with Gasteiger partial charge in [0.1, 0.15) is 5.75 Å². The smallest absolute Gasteiger partial charge is 0.269 e. The van der Waals surface area contributed by atoms with Gasteiger partial charge >= 0.3 is 0 Å². The summed E-state index contributed by atoms with van der Waals surface area (Å²) in [5.41, 5.74) is 1.28. The largest absolute Gasteiger partial charge is 0.497 e. The van der Waals surface area contributed by atoms with Gasteiger partial charge in [-0.05, 0) is 35.4 Å². The summed E-state index contributed by atoms with van der Waals surface area (Å²) >= 11 is 0. The molecule has 3 aromatic carbocycles. The number of nitrogens with zero attached hydrogens (tertiary/aromatic N) is 1. The van der Waals surface area contributed by atoms with Gasteiger partial charge in [-0.1, -0.05) is 42.5 Å². The molecule has 0 amide bonds. The van der Waals surface area contributed by atoms with Crippen LogP contribution in [0.25, 0.3) is 0 Å². The van der Waals surface area contributed by atoms with Gasteiger partial charge in [-0.15, -0.1) is 0 Å². The van der Waals surface area contributed by atoms with Crippen LogP contribution in [-0.4, -0.2) is 20.5 Å². The summed E-state index contributed by atoms with van der Waals surface area (Å²) in [5, 5.41) is 10.8. The highest BCUT2D eigenvalue weighted by Gasteiger charge is 2.24. The number of rotatable bonds is 7. The van der Waals surface area contributed by atoms with Crippen LogP contribution in [0.1, 0.15) is 17.2 Å².